The van der Waals surface area contributed by atoms with Crippen molar-refractivity contribution >= 4 is 17.5 Å². The predicted octanol–water partition coefficient (Wildman–Crippen LogP) is -0.720. The van der Waals surface area contributed by atoms with Gasteiger partial charge in [0.25, 0.3) is 0 Å². The molecule has 25 heavy (non-hydrogen) atoms. The van der Waals surface area contributed by atoms with Gasteiger partial charge in [0, 0.05) is 44.5 Å². The molecule has 2 heterocycles. The van der Waals surface area contributed by atoms with Crippen LogP contribution in [0.5, 0.6) is 0 Å². The van der Waals surface area contributed by atoms with E-state index in [9.17, 15) is 14.0 Å². The number of hydrogen-bond donors (Lipinski definition) is 3. The second-order valence-electron chi connectivity index (χ2n) is 6.45. The number of anilines is 1. The lowest BCUT2D eigenvalue weighted by atomic mass is 10.1. The van der Waals surface area contributed by atoms with Crippen molar-refractivity contribution in [2.75, 3.05) is 44.2 Å². The van der Waals surface area contributed by atoms with Crippen LogP contribution in [0, 0.1) is 5.82 Å². The molecule has 0 saturated carbocycles. The summed E-state index contributed by atoms with van der Waals surface area (Å²) < 4.78 is 13.0. The van der Waals surface area contributed by atoms with E-state index >= 15 is 0 Å². The first-order valence-corrected chi connectivity index (χ1v) is 8.59. The Balaban J connectivity index is 1.48. The van der Waals surface area contributed by atoms with E-state index in [1.807, 2.05) is 4.90 Å². The molecular formula is C17H24FN5O2. The summed E-state index contributed by atoms with van der Waals surface area (Å²) in [7, 11) is 0. The number of amides is 2. The zero-order valence-electron chi connectivity index (χ0n) is 14.1. The Morgan fingerprint density at radius 1 is 1.20 bits per heavy atom. The molecule has 136 valence electrons. The monoisotopic (exact) mass is 349 g/mol. The first-order valence-electron chi connectivity index (χ1n) is 8.59. The Hall–Kier alpha value is -2.19. The zero-order valence-corrected chi connectivity index (χ0v) is 14.1. The summed E-state index contributed by atoms with van der Waals surface area (Å²) in [6, 6.07) is 6.11. The Bertz CT molecular complexity index is 616. The number of nitrogens with two attached hydrogens (primary N) is 1. The summed E-state index contributed by atoms with van der Waals surface area (Å²) in [5.74, 6) is -0.378. The van der Waals surface area contributed by atoms with Gasteiger partial charge in [0.05, 0.1) is 12.6 Å². The predicted molar refractivity (Wildman–Crippen MR) is 92.6 cm³/mol. The van der Waals surface area contributed by atoms with Gasteiger partial charge in [-0.25, -0.2) is 4.39 Å². The molecule has 1 aromatic rings. The molecule has 2 aliphatic rings. The van der Waals surface area contributed by atoms with Crippen LogP contribution in [-0.4, -0.2) is 68.1 Å². The van der Waals surface area contributed by atoms with E-state index in [1.165, 1.54) is 12.1 Å². The molecule has 4 N–H and O–H groups in total. The van der Waals surface area contributed by atoms with E-state index < -0.39 is 0 Å². The zero-order chi connectivity index (χ0) is 17.8. The van der Waals surface area contributed by atoms with Gasteiger partial charge in [0.15, 0.2) is 0 Å². The van der Waals surface area contributed by atoms with Crippen LogP contribution in [0.4, 0.5) is 10.1 Å². The third-order valence-electron chi connectivity index (χ3n) is 4.76. The van der Waals surface area contributed by atoms with Gasteiger partial charge in [-0.15, -0.1) is 0 Å². The average Bonchev–Trinajstić information content (AvgIpc) is 3.10. The molecule has 1 aromatic carbocycles. The molecule has 3 rings (SSSR count). The molecule has 0 spiro atoms. The summed E-state index contributed by atoms with van der Waals surface area (Å²) in [5, 5.41) is 5.99. The van der Waals surface area contributed by atoms with Crippen molar-refractivity contribution in [1.82, 2.24) is 15.5 Å². The Morgan fingerprint density at radius 2 is 1.88 bits per heavy atom. The highest BCUT2D eigenvalue weighted by Gasteiger charge is 2.34. The Labute approximate surface area is 146 Å². The highest BCUT2D eigenvalue weighted by molar-refractivity contribution is 5.83. The van der Waals surface area contributed by atoms with E-state index in [0.717, 1.165) is 18.8 Å². The van der Waals surface area contributed by atoms with E-state index in [4.69, 9.17) is 5.73 Å². The lowest BCUT2D eigenvalue weighted by Crippen LogP contribution is -2.53. The van der Waals surface area contributed by atoms with Crippen molar-refractivity contribution in [3.63, 3.8) is 0 Å². The number of halogens is 1. The molecule has 0 radical (unpaired) electrons. The van der Waals surface area contributed by atoms with Crippen LogP contribution < -0.4 is 21.3 Å². The largest absolute Gasteiger partial charge is 0.368 e. The van der Waals surface area contributed by atoms with Crippen LogP contribution in [0.3, 0.4) is 0 Å². The van der Waals surface area contributed by atoms with Crippen molar-refractivity contribution < 1.29 is 14.0 Å². The number of rotatable bonds is 4. The second-order valence-corrected chi connectivity index (χ2v) is 6.45. The molecule has 2 saturated heterocycles. The first kappa shape index (κ1) is 17.6. The number of hydrogen-bond acceptors (Lipinski definition) is 5. The molecule has 0 unspecified atom stereocenters. The molecule has 2 fully saturated rings. The van der Waals surface area contributed by atoms with E-state index in [-0.39, 0.29) is 36.3 Å². The quantitative estimate of drug-likeness (QED) is 0.667. The Morgan fingerprint density at radius 3 is 2.52 bits per heavy atom. The van der Waals surface area contributed by atoms with Gasteiger partial charge >= 0.3 is 0 Å². The molecule has 2 aliphatic heterocycles. The third-order valence-corrected chi connectivity index (χ3v) is 4.76. The van der Waals surface area contributed by atoms with Crippen LogP contribution in [0.15, 0.2) is 24.3 Å². The SMILES string of the molecule is NCC(=O)N[C@H]1CN[C@H](C(=O)N2CCN(c3ccc(F)cc3)CC2)C1. The molecule has 0 aromatic heterocycles. The smallest absolute Gasteiger partial charge is 0.239 e. The minimum atomic E-state index is -0.263. The number of nitrogens with one attached hydrogen (secondary N) is 2. The fourth-order valence-corrected chi connectivity index (χ4v) is 3.38. The highest BCUT2D eigenvalue weighted by atomic mass is 19.1. The fraction of sp³-hybridized carbons (Fsp3) is 0.529. The van der Waals surface area contributed by atoms with Crippen LogP contribution in [0.25, 0.3) is 0 Å². The third kappa shape index (κ3) is 4.26. The molecule has 0 bridgehead atoms. The molecule has 7 nitrogen and oxygen atoms in total. The standard InChI is InChI=1S/C17H24FN5O2/c18-12-1-3-14(4-2-12)22-5-7-23(8-6-22)17(25)15-9-13(11-20-15)21-16(24)10-19/h1-4,13,15,20H,5-11,19H2,(H,21,24)/t13-,15+/m1/s1. The summed E-state index contributed by atoms with van der Waals surface area (Å²) >= 11 is 0. The summed E-state index contributed by atoms with van der Waals surface area (Å²) in [4.78, 5) is 28.0. The van der Waals surface area contributed by atoms with Crippen molar-refractivity contribution in [1.29, 1.82) is 0 Å². The minimum Gasteiger partial charge on any atom is -0.368 e. The molecule has 2 atom stereocenters. The number of benzene rings is 1. The average molecular weight is 349 g/mol. The highest BCUT2D eigenvalue weighted by Crippen LogP contribution is 2.18. The summed E-state index contributed by atoms with van der Waals surface area (Å²) in [5.41, 5.74) is 6.27. The van der Waals surface area contributed by atoms with Crippen molar-refractivity contribution in [3.05, 3.63) is 30.1 Å². The Kier molecular flexibility index (Phi) is 5.50. The molecule has 2 amide bonds. The van der Waals surface area contributed by atoms with Crippen molar-refractivity contribution in [3.8, 4) is 0 Å². The van der Waals surface area contributed by atoms with Crippen LogP contribution in [-0.2, 0) is 9.59 Å². The van der Waals surface area contributed by atoms with E-state index in [0.29, 0.717) is 26.1 Å². The van der Waals surface area contributed by atoms with Gasteiger partial charge in [0.2, 0.25) is 11.8 Å². The first-order chi connectivity index (χ1) is 12.1. The summed E-state index contributed by atoms with van der Waals surface area (Å²) in [6.07, 6.45) is 0.586. The van der Waals surface area contributed by atoms with E-state index in [1.54, 1.807) is 12.1 Å². The maximum Gasteiger partial charge on any atom is 0.239 e. The maximum atomic E-state index is 13.0. The summed E-state index contributed by atoms with van der Waals surface area (Å²) in [6.45, 7) is 3.25. The van der Waals surface area contributed by atoms with E-state index in [2.05, 4.69) is 15.5 Å². The number of piperazine rings is 1. The van der Waals surface area contributed by atoms with Gasteiger partial charge in [0.1, 0.15) is 5.82 Å². The second kappa shape index (κ2) is 7.79. The van der Waals surface area contributed by atoms with Crippen LogP contribution >= 0.6 is 0 Å². The number of nitrogens with zero attached hydrogens (tertiary/aromatic N) is 2. The van der Waals surface area contributed by atoms with Gasteiger partial charge in [-0.2, -0.15) is 0 Å². The lowest BCUT2D eigenvalue weighted by Gasteiger charge is -2.37. The van der Waals surface area contributed by atoms with Gasteiger partial charge in [-0.05, 0) is 30.7 Å². The van der Waals surface area contributed by atoms with Gasteiger partial charge in [-0.1, -0.05) is 0 Å². The number of carbonyl (C=O) groups is 2. The normalized spacial score (nSPS) is 23.6. The maximum absolute atomic E-state index is 13.0. The van der Waals surface area contributed by atoms with Crippen LogP contribution in [0.2, 0.25) is 0 Å². The minimum absolute atomic E-state index is 0.0412. The van der Waals surface area contributed by atoms with Crippen molar-refractivity contribution in [2.45, 2.75) is 18.5 Å². The number of carbonyl (C=O) groups excluding carboxylic acids is 2. The van der Waals surface area contributed by atoms with Crippen molar-refractivity contribution in [2.24, 2.45) is 5.73 Å². The molecule has 8 heteroatoms. The fourth-order valence-electron chi connectivity index (χ4n) is 3.38. The molecule has 0 aliphatic carbocycles. The molecular weight excluding hydrogens is 325 g/mol. The topological polar surface area (TPSA) is 90.7 Å². The van der Waals surface area contributed by atoms with Gasteiger partial charge in [-0.3, -0.25) is 9.59 Å². The van der Waals surface area contributed by atoms with Gasteiger partial charge < -0.3 is 26.2 Å². The lowest BCUT2D eigenvalue weighted by molar-refractivity contribution is -0.133. The van der Waals surface area contributed by atoms with Crippen LogP contribution in [0.1, 0.15) is 6.42 Å².